The van der Waals surface area contributed by atoms with E-state index < -0.39 is 0 Å². The van der Waals surface area contributed by atoms with Crippen molar-refractivity contribution in [2.45, 2.75) is 13.3 Å². The highest BCUT2D eigenvalue weighted by Gasteiger charge is 2.11. The van der Waals surface area contributed by atoms with Gasteiger partial charge in [0.15, 0.2) is 0 Å². The van der Waals surface area contributed by atoms with Gasteiger partial charge < -0.3 is 11.1 Å². The second kappa shape index (κ2) is 3.84. The Morgan fingerprint density at radius 2 is 2.07 bits per heavy atom. The van der Waals surface area contributed by atoms with Crippen molar-refractivity contribution in [1.29, 1.82) is 0 Å². The second-order valence-corrected chi connectivity index (χ2v) is 3.77. The van der Waals surface area contributed by atoms with Crippen LogP contribution in [-0.4, -0.2) is 13.1 Å². The molecule has 14 heavy (non-hydrogen) atoms. The van der Waals surface area contributed by atoms with E-state index in [4.69, 9.17) is 5.73 Å². The molecule has 0 amide bonds. The molecule has 3 N–H and O–H groups in total. The maximum atomic E-state index is 5.96. The molecule has 0 radical (unpaired) electrons. The van der Waals surface area contributed by atoms with E-state index in [9.17, 15) is 0 Å². The third kappa shape index (κ3) is 1.66. The standard InChI is InChI=1S/C12H16N2/c1-9-8-14-7-6-10(9)11-4-2-3-5-12(11)13/h2-5,14H,6-8,13H2,1H3. The summed E-state index contributed by atoms with van der Waals surface area (Å²) in [5.41, 5.74) is 10.9. The van der Waals surface area contributed by atoms with Crippen molar-refractivity contribution < 1.29 is 0 Å². The molecule has 74 valence electrons. The fourth-order valence-corrected chi connectivity index (χ4v) is 1.95. The van der Waals surface area contributed by atoms with Gasteiger partial charge in [0.25, 0.3) is 0 Å². The lowest BCUT2D eigenvalue weighted by molar-refractivity contribution is 0.714. The van der Waals surface area contributed by atoms with Gasteiger partial charge in [0, 0.05) is 17.8 Å². The first-order valence-electron chi connectivity index (χ1n) is 5.03. The number of para-hydroxylation sites is 1. The van der Waals surface area contributed by atoms with Crippen molar-refractivity contribution in [2.24, 2.45) is 0 Å². The number of nitrogen functional groups attached to an aromatic ring is 1. The third-order valence-corrected chi connectivity index (χ3v) is 2.74. The van der Waals surface area contributed by atoms with Crippen molar-refractivity contribution >= 4 is 11.3 Å². The fourth-order valence-electron chi connectivity index (χ4n) is 1.95. The molecule has 0 aliphatic carbocycles. The van der Waals surface area contributed by atoms with E-state index in [1.165, 1.54) is 16.7 Å². The Balaban J connectivity index is 2.43. The van der Waals surface area contributed by atoms with Crippen LogP contribution in [-0.2, 0) is 0 Å². The van der Waals surface area contributed by atoms with Gasteiger partial charge in [0.05, 0.1) is 0 Å². The quantitative estimate of drug-likeness (QED) is 0.662. The number of rotatable bonds is 1. The Labute approximate surface area is 84.8 Å². The van der Waals surface area contributed by atoms with Gasteiger partial charge >= 0.3 is 0 Å². The van der Waals surface area contributed by atoms with Gasteiger partial charge in [-0.1, -0.05) is 23.8 Å². The molecule has 1 aromatic rings. The Morgan fingerprint density at radius 3 is 2.79 bits per heavy atom. The molecule has 1 heterocycles. The first-order chi connectivity index (χ1) is 6.79. The lowest BCUT2D eigenvalue weighted by Crippen LogP contribution is -2.23. The van der Waals surface area contributed by atoms with Gasteiger partial charge in [0.1, 0.15) is 0 Å². The molecule has 1 aliphatic rings. The Hall–Kier alpha value is -1.28. The predicted octanol–water partition coefficient (Wildman–Crippen LogP) is 2.04. The van der Waals surface area contributed by atoms with Crippen molar-refractivity contribution in [3.8, 4) is 0 Å². The molecule has 1 aromatic carbocycles. The molecule has 1 aliphatic heterocycles. The maximum Gasteiger partial charge on any atom is 0.0390 e. The van der Waals surface area contributed by atoms with Crippen LogP contribution in [0.2, 0.25) is 0 Å². The van der Waals surface area contributed by atoms with Crippen LogP contribution in [0, 0.1) is 0 Å². The lowest BCUT2D eigenvalue weighted by Gasteiger charge is -2.20. The summed E-state index contributed by atoms with van der Waals surface area (Å²) in [5.74, 6) is 0. The summed E-state index contributed by atoms with van der Waals surface area (Å²) in [5, 5.41) is 3.36. The van der Waals surface area contributed by atoms with Crippen molar-refractivity contribution in [1.82, 2.24) is 5.32 Å². The zero-order chi connectivity index (χ0) is 9.97. The van der Waals surface area contributed by atoms with E-state index in [1.54, 1.807) is 0 Å². The molecule has 2 rings (SSSR count). The largest absolute Gasteiger partial charge is 0.398 e. The number of anilines is 1. The van der Waals surface area contributed by atoms with Crippen LogP contribution in [0.15, 0.2) is 29.8 Å². The van der Waals surface area contributed by atoms with E-state index in [0.29, 0.717) is 0 Å². The summed E-state index contributed by atoms with van der Waals surface area (Å²) in [7, 11) is 0. The molecular formula is C12H16N2. The SMILES string of the molecule is CC1=C(c2ccccc2N)CCNC1. The number of benzene rings is 1. The Bertz CT molecular complexity index is 366. The van der Waals surface area contributed by atoms with Crippen LogP contribution < -0.4 is 11.1 Å². The van der Waals surface area contributed by atoms with E-state index in [1.807, 2.05) is 18.2 Å². The molecule has 0 saturated carbocycles. The van der Waals surface area contributed by atoms with Crippen LogP contribution in [0.3, 0.4) is 0 Å². The molecule has 0 fully saturated rings. The summed E-state index contributed by atoms with van der Waals surface area (Å²) in [6.45, 7) is 4.22. The highest BCUT2D eigenvalue weighted by molar-refractivity contribution is 5.77. The van der Waals surface area contributed by atoms with Gasteiger partial charge in [-0.3, -0.25) is 0 Å². The maximum absolute atomic E-state index is 5.96. The van der Waals surface area contributed by atoms with E-state index in [2.05, 4.69) is 18.3 Å². The lowest BCUT2D eigenvalue weighted by atomic mass is 9.94. The molecule has 0 bridgehead atoms. The first-order valence-corrected chi connectivity index (χ1v) is 5.03. The third-order valence-electron chi connectivity index (χ3n) is 2.74. The van der Waals surface area contributed by atoms with E-state index in [-0.39, 0.29) is 0 Å². The molecular weight excluding hydrogens is 172 g/mol. The van der Waals surface area contributed by atoms with Crippen molar-refractivity contribution in [2.75, 3.05) is 18.8 Å². The number of hydrogen-bond donors (Lipinski definition) is 2. The normalized spacial score (nSPS) is 17.2. The minimum Gasteiger partial charge on any atom is -0.398 e. The average molecular weight is 188 g/mol. The monoisotopic (exact) mass is 188 g/mol. The molecule has 2 nitrogen and oxygen atoms in total. The minimum absolute atomic E-state index is 0.892. The van der Waals surface area contributed by atoms with Gasteiger partial charge in [-0.15, -0.1) is 0 Å². The Morgan fingerprint density at radius 1 is 1.29 bits per heavy atom. The minimum atomic E-state index is 0.892. The highest BCUT2D eigenvalue weighted by Crippen LogP contribution is 2.28. The summed E-state index contributed by atoms with van der Waals surface area (Å²) >= 11 is 0. The van der Waals surface area contributed by atoms with Gasteiger partial charge in [-0.25, -0.2) is 0 Å². The first kappa shape index (κ1) is 9.28. The predicted molar refractivity (Wildman–Crippen MR) is 60.9 cm³/mol. The molecule has 0 atom stereocenters. The molecule has 2 heteroatoms. The molecule has 0 spiro atoms. The van der Waals surface area contributed by atoms with Crippen LogP contribution in [0.4, 0.5) is 5.69 Å². The van der Waals surface area contributed by atoms with Crippen LogP contribution in [0.1, 0.15) is 18.9 Å². The van der Waals surface area contributed by atoms with E-state index >= 15 is 0 Å². The van der Waals surface area contributed by atoms with Gasteiger partial charge in [-0.2, -0.15) is 0 Å². The Kier molecular flexibility index (Phi) is 2.55. The summed E-state index contributed by atoms with van der Waals surface area (Å²) < 4.78 is 0. The van der Waals surface area contributed by atoms with E-state index in [0.717, 1.165) is 25.2 Å². The van der Waals surface area contributed by atoms with Crippen molar-refractivity contribution in [3.05, 3.63) is 35.4 Å². The molecule has 0 saturated heterocycles. The van der Waals surface area contributed by atoms with Gasteiger partial charge in [-0.05, 0) is 31.5 Å². The van der Waals surface area contributed by atoms with Gasteiger partial charge in [0.2, 0.25) is 0 Å². The second-order valence-electron chi connectivity index (χ2n) is 3.77. The molecule has 0 unspecified atom stereocenters. The fraction of sp³-hybridized carbons (Fsp3) is 0.333. The summed E-state index contributed by atoms with van der Waals surface area (Å²) in [4.78, 5) is 0. The van der Waals surface area contributed by atoms with Crippen molar-refractivity contribution in [3.63, 3.8) is 0 Å². The molecule has 0 aromatic heterocycles. The number of hydrogen-bond acceptors (Lipinski definition) is 2. The summed E-state index contributed by atoms with van der Waals surface area (Å²) in [6.07, 6.45) is 1.08. The zero-order valence-electron chi connectivity index (χ0n) is 8.51. The number of nitrogens with one attached hydrogen (secondary N) is 1. The zero-order valence-corrected chi connectivity index (χ0v) is 8.51. The van der Waals surface area contributed by atoms with Crippen LogP contribution in [0.25, 0.3) is 5.57 Å². The smallest absolute Gasteiger partial charge is 0.0390 e. The topological polar surface area (TPSA) is 38.0 Å². The van der Waals surface area contributed by atoms with Crippen LogP contribution >= 0.6 is 0 Å². The summed E-state index contributed by atoms with van der Waals surface area (Å²) in [6, 6.07) is 8.11. The number of nitrogens with two attached hydrogens (primary N) is 1. The average Bonchev–Trinajstić information content (AvgIpc) is 2.20. The van der Waals surface area contributed by atoms with Crippen LogP contribution in [0.5, 0.6) is 0 Å². The highest BCUT2D eigenvalue weighted by atomic mass is 14.9.